The van der Waals surface area contributed by atoms with Gasteiger partial charge in [-0.15, -0.1) is 24.0 Å². The zero-order chi connectivity index (χ0) is 16.6. The van der Waals surface area contributed by atoms with Crippen LogP contribution in [0.2, 0.25) is 0 Å². The average Bonchev–Trinajstić information content (AvgIpc) is 2.42. The predicted molar refractivity (Wildman–Crippen MR) is 99.5 cm³/mol. The molecule has 0 spiro atoms. The summed E-state index contributed by atoms with van der Waals surface area (Å²) in [6.07, 6.45) is -1.43. The van der Waals surface area contributed by atoms with Crippen LogP contribution in [0.3, 0.4) is 0 Å². The first-order valence-electron chi connectivity index (χ1n) is 8.07. The van der Waals surface area contributed by atoms with Crippen molar-refractivity contribution in [3.63, 3.8) is 0 Å². The summed E-state index contributed by atoms with van der Waals surface area (Å²) in [4.78, 5) is 6.46. The van der Waals surface area contributed by atoms with Crippen molar-refractivity contribution in [2.45, 2.75) is 51.7 Å². The van der Waals surface area contributed by atoms with E-state index < -0.39 is 12.6 Å². The molecule has 0 aromatic rings. The van der Waals surface area contributed by atoms with Crippen LogP contribution in [0.4, 0.5) is 13.2 Å². The molecule has 2 N–H and O–H groups in total. The highest BCUT2D eigenvalue weighted by Crippen LogP contribution is 2.19. The van der Waals surface area contributed by atoms with Crippen LogP contribution in [0.25, 0.3) is 0 Å². The van der Waals surface area contributed by atoms with Crippen LogP contribution in [0, 0.1) is 5.92 Å². The van der Waals surface area contributed by atoms with Gasteiger partial charge in [0.15, 0.2) is 5.96 Å². The van der Waals surface area contributed by atoms with Crippen molar-refractivity contribution in [3.05, 3.63) is 0 Å². The maximum atomic E-state index is 12.2. The lowest BCUT2D eigenvalue weighted by Gasteiger charge is -2.37. The third-order valence-electron chi connectivity index (χ3n) is 3.78. The Morgan fingerprint density at radius 2 is 1.96 bits per heavy atom. The Morgan fingerprint density at radius 3 is 2.52 bits per heavy atom. The fourth-order valence-corrected chi connectivity index (χ4v) is 2.76. The average molecular weight is 450 g/mol. The highest BCUT2D eigenvalue weighted by Gasteiger charge is 2.26. The maximum absolute atomic E-state index is 12.2. The Morgan fingerprint density at radius 1 is 1.26 bits per heavy atom. The lowest BCUT2D eigenvalue weighted by atomic mass is 10.0. The van der Waals surface area contributed by atoms with Crippen LogP contribution >= 0.6 is 24.0 Å². The van der Waals surface area contributed by atoms with Crippen LogP contribution in [-0.4, -0.2) is 56.3 Å². The van der Waals surface area contributed by atoms with Gasteiger partial charge in [0, 0.05) is 32.7 Å². The third-order valence-corrected chi connectivity index (χ3v) is 3.78. The highest BCUT2D eigenvalue weighted by atomic mass is 127. The van der Waals surface area contributed by atoms with Crippen molar-refractivity contribution in [1.82, 2.24) is 15.5 Å². The zero-order valence-electron chi connectivity index (χ0n) is 14.2. The summed E-state index contributed by atoms with van der Waals surface area (Å²) in [7, 11) is 1.58. The van der Waals surface area contributed by atoms with Gasteiger partial charge in [-0.2, -0.15) is 13.2 Å². The molecule has 0 saturated carbocycles. The maximum Gasteiger partial charge on any atom is 0.390 e. The van der Waals surface area contributed by atoms with Crippen molar-refractivity contribution in [1.29, 1.82) is 0 Å². The van der Waals surface area contributed by atoms with Gasteiger partial charge < -0.3 is 10.6 Å². The quantitative estimate of drug-likeness (QED) is 0.371. The number of aliphatic imine (C=N–C) groups is 1. The lowest BCUT2D eigenvalue weighted by molar-refractivity contribution is -0.132. The van der Waals surface area contributed by atoms with E-state index in [2.05, 4.69) is 34.4 Å². The summed E-state index contributed by atoms with van der Waals surface area (Å²) in [5.41, 5.74) is 0. The molecule has 1 fully saturated rings. The Bertz CT molecular complexity index is 348. The van der Waals surface area contributed by atoms with Crippen molar-refractivity contribution < 1.29 is 13.2 Å². The molecule has 0 bridgehead atoms. The molecule has 1 atom stereocenters. The molecule has 0 aliphatic carbocycles. The van der Waals surface area contributed by atoms with Gasteiger partial charge in [-0.1, -0.05) is 20.3 Å². The van der Waals surface area contributed by atoms with Crippen LogP contribution in [0.1, 0.15) is 39.5 Å². The number of nitrogens with one attached hydrogen (secondary N) is 2. The third kappa shape index (κ3) is 10.3. The SMILES string of the molecule is CN=C(NCCC(F)(F)F)NCC1CCCCN1CC(C)C.I. The summed E-state index contributed by atoms with van der Waals surface area (Å²) < 4.78 is 36.5. The minimum atomic E-state index is -4.14. The van der Waals surface area contributed by atoms with Gasteiger partial charge in [0.25, 0.3) is 0 Å². The molecule has 1 rings (SSSR count). The first kappa shape index (κ1) is 22.8. The summed E-state index contributed by atoms with van der Waals surface area (Å²) in [5, 5.41) is 5.88. The molecule has 8 heteroatoms. The number of halogens is 4. The molecular weight excluding hydrogens is 420 g/mol. The molecule has 4 nitrogen and oxygen atoms in total. The summed E-state index contributed by atoms with van der Waals surface area (Å²) in [5.74, 6) is 1.06. The standard InChI is InChI=1S/C15H29F3N4.HI/c1-12(2)11-22-9-5-4-6-13(22)10-21-14(19-3)20-8-7-15(16,17)18;/h12-13H,4-11H2,1-3H3,(H2,19,20,21);1H. The second-order valence-electron chi connectivity index (χ2n) is 6.28. The first-order chi connectivity index (χ1) is 10.3. The normalized spacial score (nSPS) is 20.3. The second-order valence-corrected chi connectivity index (χ2v) is 6.28. The summed E-state index contributed by atoms with van der Waals surface area (Å²) >= 11 is 0. The van der Waals surface area contributed by atoms with E-state index >= 15 is 0 Å². The minimum Gasteiger partial charge on any atom is -0.356 e. The highest BCUT2D eigenvalue weighted by molar-refractivity contribution is 14.0. The van der Waals surface area contributed by atoms with E-state index in [9.17, 15) is 13.2 Å². The van der Waals surface area contributed by atoms with Crippen LogP contribution < -0.4 is 10.6 Å². The molecule has 0 aromatic heterocycles. The van der Waals surface area contributed by atoms with Crippen molar-refractivity contribution in [2.24, 2.45) is 10.9 Å². The number of rotatable bonds is 6. The van der Waals surface area contributed by atoms with Crippen LogP contribution in [0.5, 0.6) is 0 Å². The van der Waals surface area contributed by atoms with Crippen LogP contribution in [-0.2, 0) is 0 Å². The number of likely N-dealkylation sites (tertiary alicyclic amines) is 1. The van der Waals surface area contributed by atoms with Gasteiger partial charge in [-0.25, -0.2) is 0 Å². The van der Waals surface area contributed by atoms with Gasteiger partial charge in [0.1, 0.15) is 0 Å². The van der Waals surface area contributed by atoms with E-state index in [0.29, 0.717) is 17.9 Å². The molecule has 138 valence electrons. The fourth-order valence-electron chi connectivity index (χ4n) is 2.76. The van der Waals surface area contributed by atoms with Gasteiger partial charge in [0.2, 0.25) is 0 Å². The van der Waals surface area contributed by atoms with Gasteiger partial charge in [0.05, 0.1) is 6.42 Å². The molecule has 0 amide bonds. The van der Waals surface area contributed by atoms with E-state index in [-0.39, 0.29) is 30.5 Å². The van der Waals surface area contributed by atoms with E-state index in [4.69, 9.17) is 0 Å². The molecular formula is C15H30F3IN4. The summed E-state index contributed by atoms with van der Waals surface area (Å²) in [6, 6.07) is 0.428. The molecule has 1 unspecified atom stereocenters. The monoisotopic (exact) mass is 450 g/mol. The Hall–Kier alpha value is -0.250. The topological polar surface area (TPSA) is 39.7 Å². The number of hydrogen-bond acceptors (Lipinski definition) is 2. The summed E-state index contributed by atoms with van der Waals surface area (Å²) in [6.45, 7) is 7.15. The van der Waals surface area contributed by atoms with E-state index in [1.54, 1.807) is 7.05 Å². The fraction of sp³-hybridized carbons (Fsp3) is 0.933. The molecule has 1 heterocycles. The number of alkyl halides is 3. The zero-order valence-corrected chi connectivity index (χ0v) is 16.6. The predicted octanol–water partition coefficient (Wildman–Crippen LogP) is 3.23. The first-order valence-corrected chi connectivity index (χ1v) is 8.07. The van der Waals surface area contributed by atoms with Crippen molar-refractivity contribution >= 4 is 29.9 Å². The molecule has 0 aromatic carbocycles. The van der Waals surface area contributed by atoms with Crippen molar-refractivity contribution in [3.8, 4) is 0 Å². The molecule has 0 radical (unpaired) electrons. The van der Waals surface area contributed by atoms with E-state index in [1.807, 2.05) is 0 Å². The molecule has 1 saturated heterocycles. The molecule has 23 heavy (non-hydrogen) atoms. The van der Waals surface area contributed by atoms with Gasteiger partial charge in [-0.3, -0.25) is 9.89 Å². The Kier molecular flexibility index (Phi) is 11.2. The molecule has 1 aliphatic heterocycles. The van der Waals surface area contributed by atoms with Gasteiger partial charge >= 0.3 is 6.18 Å². The van der Waals surface area contributed by atoms with E-state index in [0.717, 1.165) is 26.1 Å². The lowest BCUT2D eigenvalue weighted by Crippen LogP contribution is -2.50. The molecule has 1 aliphatic rings. The second kappa shape index (κ2) is 11.3. The number of hydrogen-bond donors (Lipinski definition) is 2. The Labute approximate surface area is 154 Å². The minimum absolute atomic E-state index is 0. The smallest absolute Gasteiger partial charge is 0.356 e. The number of guanidine groups is 1. The van der Waals surface area contributed by atoms with E-state index in [1.165, 1.54) is 12.8 Å². The Balaban J connectivity index is 0.00000484. The largest absolute Gasteiger partial charge is 0.390 e. The number of nitrogens with zero attached hydrogens (tertiary/aromatic N) is 2. The number of piperidine rings is 1. The van der Waals surface area contributed by atoms with Crippen molar-refractivity contribution in [2.75, 3.05) is 33.2 Å². The van der Waals surface area contributed by atoms with Gasteiger partial charge in [-0.05, 0) is 25.3 Å². The van der Waals surface area contributed by atoms with Crippen LogP contribution in [0.15, 0.2) is 4.99 Å².